The number of esters is 1. The van der Waals surface area contributed by atoms with E-state index in [4.69, 9.17) is 4.74 Å². The van der Waals surface area contributed by atoms with Crippen LogP contribution in [0.1, 0.15) is 16.7 Å². The summed E-state index contributed by atoms with van der Waals surface area (Å²) in [6, 6.07) is 27.4. The summed E-state index contributed by atoms with van der Waals surface area (Å²) in [6.45, 7) is 0.0791. The first kappa shape index (κ1) is 17.6. The van der Waals surface area contributed by atoms with Crippen molar-refractivity contribution in [1.29, 1.82) is 0 Å². The highest BCUT2D eigenvalue weighted by molar-refractivity contribution is 5.85. The van der Waals surface area contributed by atoms with E-state index >= 15 is 0 Å². The number of rotatable bonds is 6. The molecule has 3 aromatic rings. The topological polar surface area (TPSA) is 46.5 Å². The Morgan fingerprint density at radius 3 is 1.77 bits per heavy atom. The molecule has 0 heterocycles. The molecule has 3 rings (SSSR count). The molecule has 3 nitrogen and oxygen atoms in total. The van der Waals surface area contributed by atoms with E-state index in [1.807, 2.05) is 48.5 Å². The van der Waals surface area contributed by atoms with Crippen molar-refractivity contribution in [2.45, 2.75) is 5.60 Å². The van der Waals surface area contributed by atoms with Crippen molar-refractivity contribution in [3.8, 4) is 0 Å². The van der Waals surface area contributed by atoms with Crippen LogP contribution < -0.4 is 0 Å². The van der Waals surface area contributed by atoms with Crippen LogP contribution in [-0.4, -0.2) is 17.7 Å². The molecule has 0 amide bonds. The van der Waals surface area contributed by atoms with Gasteiger partial charge in [-0.3, -0.25) is 0 Å². The lowest BCUT2D eigenvalue weighted by Gasteiger charge is -2.26. The monoisotopic (exact) mass is 344 g/mol. The fourth-order valence-corrected chi connectivity index (χ4v) is 2.74. The summed E-state index contributed by atoms with van der Waals surface area (Å²) in [7, 11) is 0. The summed E-state index contributed by atoms with van der Waals surface area (Å²) in [6.07, 6.45) is 3.63. The maximum Gasteiger partial charge on any atom is 0.348 e. The van der Waals surface area contributed by atoms with Crippen molar-refractivity contribution in [2.24, 2.45) is 0 Å². The van der Waals surface area contributed by atoms with Gasteiger partial charge >= 0.3 is 5.97 Å². The lowest BCUT2D eigenvalue weighted by atomic mass is 9.86. The summed E-state index contributed by atoms with van der Waals surface area (Å²) < 4.78 is 5.36. The van der Waals surface area contributed by atoms with Gasteiger partial charge in [-0.25, -0.2) is 4.79 Å². The van der Waals surface area contributed by atoms with Crippen LogP contribution in [0.25, 0.3) is 6.08 Å². The van der Waals surface area contributed by atoms with Gasteiger partial charge in [-0.2, -0.15) is 0 Å². The van der Waals surface area contributed by atoms with Gasteiger partial charge in [-0.15, -0.1) is 0 Å². The van der Waals surface area contributed by atoms with Crippen LogP contribution in [0.2, 0.25) is 0 Å². The number of hydrogen-bond donors (Lipinski definition) is 1. The number of ether oxygens (including phenoxy) is 1. The van der Waals surface area contributed by atoms with Crippen LogP contribution in [0, 0.1) is 0 Å². The molecule has 0 aromatic heterocycles. The van der Waals surface area contributed by atoms with E-state index in [1.165, 1.54) is 0 Å². The first-order chi connectivity index (χ1) is 12.7. The van der Waals surface area contributed by atoms with E-state index in [2.05, 4.69) is 0 Å². The average molecular weight is 344 g/mol. The van der Waals surface area contributed by atoms with Crippen molar-refractivity contribution < 1.29 is 14.6 Å². The zero-order chi connectivity index (χ0) is 18.2. The summed E-state index contributed by atoms with van der Waals surface area (Å²) in [5.74, 6) is -0.701. The van der Waals surface area contributed by atoms with Gasteiger partial charge < -0.3 is 9.84 Å². The van der Waals surface area contributed by atoms with Gasteiger partial charge in [-0.1, -0.05) is 97.1 Å². The van der Waals surface area contributed by atoms with Crippen molar-refractivity contribution in [2.75, 3.05) is 6.61 Å². The molecule has 0 atom stereocenters. The molecule has 3 heteroatoms. The van der Waals surface area contributed by atoms with E-state index < -0.39 is 11.6 Å². The highest BCUT2D eigenvalue weighted by Gasteiger charge is 2.41. The van der Waals surface area contributed by atoms with E-state index in [0.717, 1.165) is 5.56 Å². The Kier molecular flexibility index (Phi) is 5.62. The zero-order valence-corrected chi connectivity index (χ0v) is 14.3. The smallest absolute Gasteiger partial charge is 0.348 e. The molecule has 130 valence electrons. The van der Waals surface area contributed by atoms with Crippen LogP contribution in [0.4, 0.5) is 0 Å². The van der Waals surface area contributed by atoms with Crippen LogP contribution in [0.15, 0.2) is 97.1 Å². The molecule has 0 unspecified atom stereocenters. The molecule has 0 aliphatic rings. The minimum absolute atomic E-state index is 0.0791. The highest BCUT2D eigenvalue weighted by atomic mass is 16.5. The molecule has 0 fully saturated rings. The molecule has 0 radical (unpaired) electrons. The van der Waals surface area contributed by atoms with Crippen LogP contribution in [0.3, 0.4) is 0 Å². The number of carbonyl (C=O) groups excluding carboxylic acids is 1. The Labute approximate surface area is 153 Å². The van der Waals surface area contributed by atoms with Gasteiger partial charge in [0.2, 0.25) is 5.60 Å². The van der Waals surface area contributed by atoms with Gasteiger partial charge in [0.05, 0.1) is 0 Å². The molecule has 0 saturated heterocycles. The molecule has 26 heavy (non-hydrogen) atoms. The quantitative estimate of drug-likeness (QED) is 0.683. The summed E-state index contributed by atoms with van der Waals surface area (Å²) >= 11 is 0. The maximum absolute atomic E-state index is 12.8. The summed E-state index contributed by atoms with van der Waals surface area (Å²) in [4.78, 5) is 12.8. The molecule has 0 bridgehead atoms. The summed E-state index contributed by atoms with van der Waals surface area (Å²) in [5, 5.41) is 11.2. The second kappa shape index (κ2) is 8.28. The average Bonchev–Trinajstić information content (AvgIpc) is 2.72. The van der Waals surface area contributed by atoms with Crippen LogP contribution in [0.5, 0.6) is 0 Å². The van der Waals surface area contributed by atoms with Gasteiger partial charge in [0, 0.05) is 0 Å². The summed E-state index contributed by atoms with van der Waals surface area (Å²) in [5.41, 5.74) is 0.125. The van der Waals surface area contributed by atoms with Gasteiger partial charge in [0.25, 0.3) is 0 Å². The molecular weight excluding hydrogens is 324 g/mol. The third-order valence-electron chi connectivity index (χ3n) is 4.10. The fraction of sp³-hybridized carbons (Fsp3) is 0.0870. The molecule has 3 aromatic carbocycles. The largest absolute Gasteiger partial charge is 0.459 e. The molecule has 1 N–H and O–H groups in total. The van der Waals surface area contributed by atoms with Crippen LogP contribution in [-0.2, 0) is 15.1 Å². The van der Waals surface area contributed by atoms with Crippen LogP contribution >= 0.6 is 0 Å². The maximum atomic E-state index is 12.8. The standard InChI is InChI=1S/C23H20O3/c24-22(26-18-10-13-19-11-4-1-5-12-19)23(25,20-14-6-2-7-15-20)21-16-8-3-9-17-21/h1-17,25H,18H2/b13-10+. The third kappa shape index (κ3) is 3.90. The van der Waals surface area contributed by atoms with E-state index in [9.17, 15) is 9.90 Å². The van der Waals surface area contributed by atoms with Gasteiger partial charge in [0.1, 0.15) is 6.61 Å². The lowest BCUT2D eigenvalue weighted by molar-refractivity contribution is -0.160. The molecule has 0 aliphatic heterocycles. The predicted octanol–water partition coefficient (Wildman–Crippen LogP) is 4.18. The fourth-order valence-electron chi connectivity index (χ4n) is 2.74. The zero-order valence-electron chi connectivity index (χ0n) is 14.3. The minimum Gasteiger partial charge on any atom is -0.459 e. The van der Waals surface area contributed by atoms with Gasteiger partial charge in [0.15, 0.2) is 0 Å². The first-order valence-corrected chi connectivity index (χ1v) is 8.43. The number of carbonyl (C=O) groups is 1. The Morgan fingerprint density at radius 2 is 1.27 bits per heavy atom. The number of hydrogen-bond acceptors (Lipinski definition) is 3. The first-order valence-electron chi connectivity index (χ1n) is 8.43. The Bertz CT molecular complexity index is 816. The second-order valence-corrected chi connectivity index (χ2v) is 5.85. The van der Waals surface area contributed by atoms with E-state index in [-0.39, 0.29) is 6.61 Å². The molecular formula is C23H20O3. The Balaban J connectivity index is 1.79. The van der Waals surface area contributed by atoms with Crippen molar-refractivity contribution in [3.63, 3.8) is 0 Å². The van der Waals surface area contributed by atoms with Gasteiger partial charge in [-0.05, 0) is 22.8 Å². The Hall–Kier alpha value is -3.17. The highest BCUT2D eigenvalue weighted by Crippen LogP contribution is 2.31. The molecule has 0 saturated carbocycles. The van der Waals surface area contributed by atoms with Crippen molar-refractivity contribution in [3.05, 3.63) is 114 Å². The molecule has 0 aliphatic carbocycles. The number of aliphatic hydroxyl groups is 1. The normalized spacial score (nSPS) is 11.4. The number of benzene rings is 3. The predicted molar refractivity (Wildman–Crippen MR) is 102 cm³/mol. The van der Waals surface area contributed by atoms with Crippen molar-refractivity contribution in [1.82, 2.24) is 0 Å². The third-order valence-corrected chi connectivity index (χ3v) is 4.10. The minimum atomic E-state index is -1.84. The van der Waals surface area contributed by atoms with E-state index in [1.54, 1.807) is 54.6 Å². The SMILES string of the molecule is O=C(OC/C=C/c1ccccc1)C(O)(c1ccccc1)c1ccccc1. The Morgan fingerprint density at radius 1 is 0.808 bits per heavy atom. The molecule has 0 spiro atoms. The van der Waals surface area contributed by atoms with E-state index in [0.29, 0.717) is 11.1 Å². The second-order valence-electron chi connectivity index (χ2n) is 5.85. The van der Waals surface area contributed by atoms with Crippen molar-refractivity contribution >= 4 is 12.0 Å². The lowest BCUT2D eigenvalue weighted by Crippen LogP contribution is -2.38.